The van der Waals surface area contributed by atoms with Crippen molar-refractivity contribution >= 4 is 11.7 Å². The molecule has 0 saturated heterocycles. The maximum atomic E-state index is 11.9. The average molecular weight is 260 g/mol. The maximum Gasteiger partial charge on any atom is 0.256 e. The molecular formula is C14H16N2O3. The van der Waals surface area contributed by atoms with Gasteiger partial charge in [-0.1, -0.05) is 25.9 Å². The smallest absolute Gasteiger partial charge is 0.256 e. The van der Waals surface area contributed by atoms with Gasteiger partial charge < -0.3 is 14.9 Å². The first-order valence-electron chi connectivity index (χ1n) is 5.94. The summed E-state index contributed by atoms with van der Waals surface area (Å²) < 4.78 is 5.18. The Morgan fingerprint density at radius 1 is 1.26 bits per heavy atom. The molecule has 0 saturated carbocycles. The highest BCUT2D eigenvalue weighted by Gasteiger charge is 2.20. The van der Waals surface area contributed by atoms with Crippen molar-refractivity contribution in [1.29, 1.82) is 0 Å². The molecule has 0 fully saturated rings. The summed E-state index contributed by atoms with van der Waals surface area (Å²) >= 11 is 0. The van der Waals surface area contributed by atoms with Crippen LogP contribution in [0.3, 0.4) is 0 Å². The highest BCUT2D eigenvalue weighted by atomic mass is 16.5. The summed E-state index contributed by atoms with van der Waals surface area (Å²) in [6, 6.07) is 7.69. The number of amides is 1. The van der Waals surface area contributed by atoms with Gasteiger partial charge in [0.25, 0.3) is 5.91 Å². The molecule has 0 unspecified atom stereocenters. The number of aromatic hydroxyl groups is 1. The number of carbonyl (C=O) groups is 1. The van der Waals surface area contributed by atoms with E-state index in [2.05, 4.69) is 10.5 Å². The molecule has 2 N–H and O–H groups in total. The van der Waals surface area contributed by atoms with E-state index in [1.165, 1.54) is 24.3 Å². The minimum atomic E-state index is -0.297. The first kappa shape index (κ1) is 13.1. The Bertz CT molecular complexity index is 579. The molecule has 0 atom stereocenters. The summed E-state index contributed by atoms with van der Waals surface area (Å²) in [6.07, 6.45) is 0. The topological polar surface area (TPSA) is 75.4 Å². The number of rotatable bonds is 2. The highest BCUT2D eigenvalue weighted by Crippen LogP contribution is 2.24. The lowest BCUT2D eigenvalue weighted by molar-refractivity contribution is 0.102. The lowest BCUT2D eigenvalue weighted by atomic mass is 9.93. The van der Waals surface area contributed by atoms with Crippen LogP contribution in [0.1, 0.15) is 36.9 Å². The Morgan fingerprint density at radius 2 is 1.89 bits per heavy atom. The van der Waals surface area contributed by atoms with Gasteiger partial charge in [0.2, 0.25) is 0 Å². The van der Waals surface area contributed by atoms with Gasteiger partial charge in [0.05, 0.1) is 0 Å². The van der Waals surface area contributed by atoms with Gasteiger partial charge >= 0.3 is 0 Å². The van der Waals surface area contributed by atoms with E-state index in [0.717, 1.165) is 0 Å². The number of phenolic OH excluding ortho intramolecular Hbond substituents is 1. The molecule has 0 aliphatic heterocycles. The monoisotopic (exact) mass is 260 g/mol. The molecule has 1 heterocycles. The second-order valence-electron chi connectivity index (χ2n) is 5.33. The van der Waals surface area contributed by atoms with Crippen molar-refractivity contribution in [3.63, 3.8) is 0 Å². The lowest BCUT2D eigenvalue weighted by Gasteiger charge is -2.12. The molecule has 1 aromatic heterocycles. The fraction of sp³-hybridized carbons (Fsp3) is 0.286. The van der Waals surface area contributed by atoms with Crippen molar-refractivity contribution in [2.24, 2.45) is 0 Å². The number of carbonyl (C=O) groups excluding carboxylic acids is 1. The van der Waals surface area contributed by atoms with Gasteiger partial charge in [0.1, 0.15) is 11.5 Å². The van der Waals surface area contributed by atoms with Crippen molar-refractivity contribution < 1.29 is 14.4 Å². The van der Waals surface area contributed by atoms with Crippen molar-refractivity contribution in [3.8, 4) is 5.75 Å². The maximum absolute atomic E-state index is 11.9. The molecule has 0 bridgehead atoms. The number of nitrogens with one attached hydrogen (secondary N) is 1. The summed E-state index contributed by atoms with van der Waals surface area (Å²) in [5.41, 5.74) is 0.284. The van der Waals surface area contributed by atoms with E-state index in [1.54, 1.807) is 6.07 Å². The van der Waals surface area contributed by atoms with Crippen LogP contribution in [-0.4, -0.2) is 16.2 Å². The Balaban J connectivity index is 2.11. The van der Waals surface area contributed by atoms with Gasteiger partial charge in [-0.2, -0.15) is 0 Å². The second kappa shape index (κ2) is 4.76. The predicted octanol–water partition coefficient (Wildman–Crippen LogP) is 2.93. The van der Waals surface area contributed by atoms with Crippen LogP contribution < -0.4 is 5.32 Å². The van der Waals surface area contributed by atoms with E-state index in [1.807, 2.05) is 20.8 Å². The van der Waals surface area contributed by atoms with Crippen LogP contribution in [0.15, 0.2) is 34.9 Å². The number of nitrogens with zero attached hydrogens (tertiary/aromatic N) is 1. The van der Waals surface area contributed by atoms with Gasteiger partial charge in [-0.25, -0.2) is 0 Å². The molecule has 5 heteroatoms. The zero-order valence-corrected chi connectivity index (χ0v) is 11.1. The Kier molecular flexibility index (Phi) is 3.29. The SMILES string of the molecule is CC(C)(C)c1cc(NC(=O)c2ccc(O)cc2)no1. The van der Waals surface area contributed by atoms with Crippen LogP contribution in [-0.2, 0) is 5.41 Å². The number of hydrogen-bond donors (Lipinski definition) is 2. The van der Waals surface area contributed by atoms with Crippen LogP contribution in [0.5, 0.6) is 5.75 Å². The zero-order chi connectivity index (χ0) is 14.0. The van der Waals surface area contributed by atoms with Crippen molar-refractivity contribution in [2.45, 2.75) is 26.2 Å². The lowest BCUT2D eigenvalue weighted by Crippen LogP contribution is -2.12. The average Bonchev–Trinajstić information content (AvgIpc) is 2.78. The van der Waals surface area contributed by atoms with E-state index in [-0.39, 0.29) is 17.1 Å². The molecule has 2 aromatic rings. The molecule has 0 aliphatic carbocycles. The first-order chi connectivity index (χ1) is 8.86. The van der Waals surface area contributed by atoms with Gasteiger partial charge in [-0.15, -0.1) is 0 Å². The third-order valence-corrected chi connectivity index (χ3v) is 2.62. The molecule has 1 amide bonds. The van der Waals surface area contributed by atoms with Crippen molar-refractivity contribution in [2.75, 3.05) is 5.32 Å². The number of aromatic nitrogens is 1. The van der Waals surface area contributed by atoms with E-state index in [0.29, 0.717) is 17.1 Å². The number of hydrogen-bond acceptors (Lipinski definition) is 4. The molecule has 5 nitrogen and oxygen atoms in total. The Morgan fingerprint density at radius 3 is 2.42 bits per heavy atom. The van der Waals surface area contributed by atoms with E-state index >= 15 is 0 Å². The van der Waals surface area contributed by atoms with Crippen molar-refractivity contribution in [3.05, 3.63) is 41.7 Å². The zero-order valence-electron chi connectivity index (χ0n) is 11.1. The fourth-order valence-corrected chi connectivity index (χ4v) is 1.49. The minimum absolute atomic E-state index is 0.119. The fourth-order valence-electron chi connectivity index (χ4n) is 1.49. The van der Waals surface area contributed by atoms with Crippen LogP contribution >= 0.6 is 0 Å². The molecule has 0 radical (unpaired) electrons. The number of benzene rings is 1. The van der Waals surface area contributed by atoms with Gasteiger partial charge in [0.15, 0.2) is 5.82 Å². The van der Waals surface area contributed by atoms with E-state index < -0.39 is 0 Å². The Labute approximate surface area is 111 Å². The molecule has 2 rings (SSSR count). The number of phenols is 1. The predicted molar refractivity (Wildman–Crippen MR) is 71.3 cm³/mol. The third-order valence-electron chi connectivity index (χ3n) is 2.62. The summed E-state index contributed by atoms with van der Waals surface area (Å²) in [5, 5.41) is 15.6. The van der Waals surface area contributed by atoms with Crippen LogP contribution in [0, 0.1) is 0 Å². The second-order valence-corrected chi connectivity index (χ2v) is 5.33. The summed E-state index contributed by atoms with van der Waals surface area (Å²) in [6.45, 7) is 6.00. The van der Waals surface area contributed by atoms with Crippen LogP contribution in [0.2, 0.25) is 0 Å². The molecule has 0 aliphatic rings. The van der Waals surface area contributed by atoms with Crippen LogP contribution in [0.4, 0.5) is 5.82 Å². The highest BCUT2D eigenvalue weighted by molar-refractivity contribution is 6.03. The van der Waals surface area contributed by atoms with E-state index in [9.17, 15) is 4.79 Å². The molecular weight excluding hydrogens is 244 g/mol. The summed E-state index contributed by atoms with van der Waals surface area (Å²) in [5.74, 6) is 0.901. The van der Waals surface area contributed by atoms with E-state index in [4.69, 9.17) is 9.63 Å². The number of anilines is 1. The van der Waals surface area contributed by atoms with Gasteiger partial charge in [0, 0.05) is 17.0 Å². The molecule has 0 spiro atoms. The molecule has 19 heavy (non-hydrogen) atoms. The molecule has 1 aromatic carbocycles. The van der Waals surface area contributed by atoms with Gasteiger partial charge in [-0.3, -0.25) is 4.79 Å². The normalized spacial score (nSPS) is 11.3. The minimum Gasteiger partial charge on any atom is -0.508 e. The summed E-state index contributed by atoms with van der Waals surface area (Å²) in [7, 11) is 0. The quantitative estimate of drug-likeness (QED) is 0.870. The van der Waals surface area contributed by atoms with Crippen LogP contribution in [0.25, 0.3) is 0 Å². The Hall–Kier alpha value is -2.30. The van der Waals surface area contributed by atoms with Crippen molar-refractivity contribution in [1.82, 2.24) is 5.16 Å². The largest absolute Gasteiger partial charge is 0.508 e. The third kappa shape index (κ3) is 3.13. The molecule has 100 valence electrons. The van der Waals surface area contributed by atoms with Gasteiger partial charge in [-0.05, 0) is 24.3 Å². The summed E-state index contributed by atoms with van der Waals surface area (Å²) in [4.78, 5) is 11.9. The standard InChI is InChI=1S/C14H16N2O3/c1-14(2,3)11-8-12(16-19-11)15-13(18)9-4-6-10(17)7-5-9/h4-8,17H,1-3H3,(H,15,16,18). The first-order valence-corrected chi connectivity index (χ1v) is 5.94.